The van der Waals surface area contributed by atoms with Gasteiger partial charge >= 0.3 is 0 Å². The number of rotatable bonds is 4. The van der Waals surface area contributed by atoms with Crippen LogP contribution >= 0.6 is 24.8 Å². The molecule has 3 aliphatic rings. The number of nitrogens with one attached hydrogen (secondary N) is 1. The van der Waals surface area contributed by atoms with Crippen molar-refractivity contribution < 1.29 is 4.74 Å². The average molecular weight is 319 g/mol. The number of halogens is 2. The summed E-state index contributed by atoms with van der Waals surface area (Å²) >= 11 is 0. The van der Waals surface area contributed by atoms with Crippen LogP contribution in [-0.2, 0) is 6.54 Å². The Morgan fingerprint density at radius 1 is 1.20 bits per heavy atom. The number of methoxy groups -OCH3 is 1. The molecule has 20 heavy (non-hydrogen) atoms. The van der Waals surface area contributed by atoms with Gasteiger partial charge in [-0.05, 0) is 37.9 Å². The minimum Gasteiger partial charge on any atom is -0.496 e. The molecule has 0 radical (unpaired) electrons. The lowest BCUT2D eigenvalue weighted by Gasteiger charge is -2.45. The zero-order chi connectivity index (χ0) is 12.4. The van der Waals surface area contributed by atoms with Crippen molar-refractivity contribution in [3.05, 3.63) is 29.8 Å². The molecule has 1 aromatic rings. The van der Waals surface area contributed by atoms with Gasteiger partial charge in [-0.3, -0.25) is 0 Å². The highest BCUT2D eigenvalue weighted by atomic mass is 35.5. The number of hydrogen-bond acceptors (Lipinski definition) is 3. The number of piperidine rings is 3. The zero-order valence-electron chi connectivity index (χ0n) is 11.9. The van der Waals surface area contributed by atoms with Crippen molar-refractivity contribution in [2.75, 3.05) is 26.7 Å². The van der Waals surface area contributed by atoms with Gasteiger partial charge in [-0.2, -0.15) is 0 Å². The van der Waals surface area contributed by atoms with E-state index in [9.17, 15) is 0 Å². The van der Waals surface area contributed by atoms with Crippen molar-refractivity contribution in [3.8, 4) is 5.75 Å². The Bertz CT molecular complexity index is 409. The summed E-state index contributed by atoms with van der Waals surface area (Å²) in [7, 11) is 1.74. The molecule has 3 heterocycles. The Balaban J connectivity index is 0.000001000. The average Bonchev–Trinajstić information content (AvgIpc) is 2.46. The van der Waals surface area contributed by atoms with Crippen molar-refractivity contribution in [1.82, 2.24) is 10.2 Å². The van der Waals surface area contributed by atoms with E-state index in [1.165, 1.54) is 38.0 Å². The van der Waals surface area contributed by atoms with Gasteiger partial charge in [0.1, 0.15) is 5.75 Å². The van der Waals surface area contributed by atoms with Crippen LogP contribution in [0.2, 0.25) is 0 Å². The van der Waals surface area contributed by atoms with Gasteiger partial charge < -0.3 is 15.0 Å². The maximum absolute atomic E-state index is 5.40. The number of nitrogens with zero attached hydrogens (tertiary/aromatic N) is 1. The van der Waals surface area contributed by atoms with Crippen LogP contribution in [0.25, 0.3) is 0 Å². The molecule has 3 fully saturated rings. The van der Waals surface area contributed by atoms with E-state index in [1.807, 2.05) is 12.1 Å². The number of para-hydroxylation sites is 1. The van der Waals surface area contributed by atoms with Gasteiger partial charge in [0, 0.05) is 24.7 Å². The molecule has 2 bridgehead atoms. The summed E-state index contributed by atoms with van der Waals surface area (Å²) in [6, 6.07) is 8.95. The standard InChI is InChI=1S/C15H22N2O.2ClH/c1-18-15-5-3-2-4-13(15)10-16-14-11-17-8-6-12(14)7-9-17;;/h2-5,12,14,16H,6-11H2,1H3;2*1H. The fourth-order valence-electron chi connectivity index (χ4n) is 3.29. The second-order valence-corrected chi connectivity index (χ2v) is 5.44. The van der Waals surface area contributed by atoms with Crippen LogP contribution in [-0.4, -0.2) is 37.7 Å². The quantitative estimate of drug-likeness (QED) is 0.923. The molecule has 0 aliphatic carbocycles. The highest BCUT2D eigenvalue weighted by Crippen LogP contribution is 2.28. The maximum Gasteiger partial charge on any atom is 0.123 e. The van der Waals surface area contributed by atoms with Gasteiger partial charge in [-0.25, -0.2) is 0 Å². The molecule has 1 unspecified atom stereocenters. The largest absolute Gasteiger partial charge is 0.496 e. The fourth-order valence-corrected chi connectivity index (χ4v) is 3.29. The summed E-state index contributed by atoms with van der Waals surface area (Å²) in [6.45, 7) is 4.74. The van der Waals surface area contributed by atoms with Gasteiger partial charge in [0.05, 0.1) is 7.11 Å². The predicted octanol–water partition coefficient (Wildman–Crippen LogP) is 2.72. The summed E-state index contributed by atoms with van der Waals surface area (Å²) in [4.78, 5) is 2.58. The number of fused-ring (bicyclic) bond motifs is 3. The van der Waals surface area contributed by atoms with Crippen molar-refractivity contribution >= 4 is 24.8 Å². The minimum atomic E-state index is 0. The van der Waals surface area contributed by atoms with Gasteiger partial charge in [0.15, 0.2) is 0 Å². The predicted molar refractivity (Wildman–Crippen MR) is 87.3 cm³/mol. The van der Waals surface area contributed by atoms with E-state index < -0.39 is 0 Å². The molecule has 1 atom stereocenters. The van der Waals surface area contributed by atoms with Crippen LogP contribution in [0.4, 0.5) is 0 Å². The summed E-state index contributed by atoms with van der Waals surface area (Å²) in [5.74, 6) is 1.87. The lowest BCUT2D eigenvalue weighted by molar-refractivity contribution is 0.0719. The number of hydrogen-bond donors (Lipinski definition) is 1. The Kier molecular flexibility index (Phi) is 7.10. The SMILES string of the molecule is COc1ccccc1CNC1CN2CCC1CC2.Cl.Cl. The Labute approximate surface area is 133 Å². The first-order valence-electron chi connectivity index (χ1n) is 6.94. The van der Waals surface area contributed by atoms with Crippen molar-refractivity contribution in [3.63, 3.8) is 0 Å². The fraction of sp³-hybridized carbons (Fsp3) is 0.600. The van der Waals surface area contributed by atoms with Crippen LogP contribution in [0.15, 0.2) is 24.3 Å². The first kappa shape index (κ1) is 17.6. The summed E-state index contributed by atoms with van der Waals surface area (Å²) in [6.07, 6.45) is 2.73. The molecular weight excluding hydrogens is 295 g/mol. The second-order valence-electron chi connectivity index (χ2n) is 5.44. The number of benzene rings is 1. The van der Waals surface area contributed by atoms with Crippen molar-refractivity contribution in [2.24, 2.45) is 5.92 Å². The molecule has 3 nitrogen and oxygen atoms in total. The van der Waals surface area contributed by atoms with Crippen LogP contribution in [0.5, 0.6) is 5.75 Å². The molecule has 5 heteroatoms. The topological polar surface area (TPSA) is 24.5 Å². The zero-order valence-corrected chi connectivity index (χ0v) is 13.5. The van der Waals surface area contributed by atoms with Gasteiger partial charge in [0.2, 0.25) is 0 Å². The third-order valence-corrected chi connectivity index (χ3v) is 4.40. The molecule has 3 saturated heterocycles. The molecule has 114 valence electrons. The first-order valence-corrected chi connectivity index (χ1v) is 6.94. The molecule has 1 aromatic carbocycles. The molecule has 4 rings (SSSR count). The van der Waals surface area contributed by atoms with Gasteiger partial charge in [0.25, 0.3) is 0 Å². The van der Waals surface area contributed by atoms with E-state index in [4.69, 9.17) is 4.74 Å². The Morgan fingerprint density at radius 3 is 2.50 bits per heavy atom. The lowest BCUT2D eigenvalue weighted by atomic mass is 9.84. The molecule has 3 aliphatic heterocycles. The molecule has 0 spiro atoms. The third kappa shape index (κ3) is 3.79. The van der Waals surface area contributed by atoms with Crippen LogP contribution in [0, 0.1) is 5.92 Å². The molecule has 1 N–H and O–H groups in total. The molecule has 0 amide bonds. The smallest absolute Gasteiger partial charge is 0.123 e. The first-order chi connectivity index (χ1) is 8.86. The van der Waals surface area contributed by atoms with Crippen molar-refractivity contribution in [2.45, 2.75) is 25.4 Å². The van der Waals surface area contributed by atoms with E-state index in [0.717, 1.165) is 18.2 Å². The maximum atomic E-state index is 5.40. The van der Waals surface area contributed by atoms with Crippen LogP contribution < -0.4 is 10.1 Å². The number of ether oxygens (including phenoxy) is 1. The lowest BCUT2D eigenvalue weighted by Crippen LogP contribution is -2.55. The highest BCUT2D eigenvalue weighted by Gasteiger charge is 2.33. The molecule has 0 saturated carbocycles. The second kappa shape index (κ2) is 8.08. The van der Waals surface area contributed by atoms with Crippen LogP contribution in [0.3, 0.4) is 0 Å². The van der Waals surface area contributed by atoms with E-state index in [2.05, 4.69) is 22.3 Å². The summed E-state index contributed by atoms with van der Waals surface area (Å²) in [5, 5.41) is 3.72. The van der Waals surface area contributed by atoms with Crippen LogP contribution in [0.1, 0.15) is 18.4 Å². The van der Waals surface area contributed by atoms with E-state index in [1.54, 1.807) is 7.11 Å². The monoisotopic (exact) mass is 318 g/mol. The van der Waals surface area contributed by atoms with Gasteiger partial charge in [-0.1, -0.05) is 18.2 Å². The Morgan fingerprint density at radius 2 is 1.90 bits per heavy atom. The highest BCUT2D eigenvalue weighted by molar-refractivity contribution is 5.85. The van der Waals surface area contributed by atoms with E-state index in [0.29, 0.717) is 6.04 Å². The normalized spacial score (nSPS) is 27.4. The van der Waals surface area contributed by atoms with Crippen molar-refractivity contribution in [1.29, 1.82) is 0 Å². The van der Waals surface area contributed by atoms with Gasteiger partial charge in [-0.15, -0.1) is 24.8 Å². The third-order valence-electron chi connectivity index (χ3n) is 4.40. The molecule has 0 aromatic heterocycles. The molecular formula is C15H24Cl2N2O. The summed E-state index contributed by atoms with van der Waals surface area (Å²) < 4.78 is 5.40. The minimum absolute atomic E-state index is 0. The van der Waals surface area contributed by atoms with E-state index >= 15 is 0 Å². The Hall–Kier alpha value is -0.480. The van der Waals surface area contributed by atoms with E-state index in [-0.39, 0.29) is 24.8 Å². The summed E-state index contributed by atoms with van der Waals surface area (Å²) in [5.41, 5.74) is 1.26.